The molecule has 0 saturated carbocycles. The maximum Gasteiger partial charge on any atom is 0.335 e. The van der Waals surface area contributed by atoms with Crippen molar-refractivity contribution in [2.45, 2.75) is 26.7 Å². The van der Waals surface area contributed by atoms with Gasteiger partial charge in [0.25, 0.3) is 0 Å². The molecule has 0 heterocycles. The molecule has 1 unspecified atom stereocenters. The minimum atomic E-state index is -0.992. The SMILES string of the molecule is CC(=N)/C=C(\C(N)=O)C(C)c1ccc(C(=O)O)cc1C. The number of benzene rings is 1. The van der Waals surface area contributed by atoms with Gasteiger partial charge in [-0.2, -0.15) is 0 Å². The van der Waals surface area contributed by atoms with Crippen LogP contribution in [-0.2, 0) is 4.79 Å². The molecule has 0 spiro atoms. The van der Waals surface area contributed by atoms with Crippen LogP contribution in [0.15, 0.2) is 29.8 Å². The molecule has 106 valence electrons. The third kappa shape index (κ3) is 3.54. The van der Waals surface area contributed by atoms with Gasteiger partial charge in [-0.1, -0.05) is 13.0 Å². The van der Waals surface area contributed by atoms with E-state index in [0.29, 0.717) is 5.57 Å². The molecule has 1 aromatic carbocycles. The number of nitrogens with two attached hydrogens (primary N) is 1. The first-order chi connectivity index (χ1) is 9.23. The summed E-state index contributed by atoms with van der Waals surface area (Å²) in [5.74, 6) is -1.87. The lowest BCUT2D eigenvalue weighted by molar-refractivity contribution is -0.114. The van der Waals surface area contributed by atoms with Crippen LogP contribution in [0.4, 0.5) is 0 Å². The number of aromatic carboxylic acids is 1. The van der Waals surface area contributed by atoms with Crippen molar-refractivity contribution in [1.82, 2.24) is 0 Å². The lowest BCUT2D eigenvalue weighted by atomic mass is 9.88. The first kappa shape index (κ1) is 15.6. The molecular weight excluding hydrogens is 256 g/mol. The van der Waals surface area contributed by atoms with Crippen LogP contribution in [0.5, 0.6) is 0 Å². The van der Waals surface area contributed by atoms with Gasteiger partial charge in [0.2, 0.25) is 5.91 Å². The number of nitrogens with one attached hydrogen (secondary N) is 1. The zero-order valence-electron chi connectivity index (χ0n) is 11.7. The van der Waals surface area contributed by atoms with Crippen molar-refractivity contribution in [3.63, 3.8) is 0 Å². The van der Waals surface area contributed by atoms with Gasteiger partial charge < -0.3 is 16.2 Å². The molecule has 0 aliphatic rings. The van der Waals surface area contributed by atoms with Crippen LogP contribution in [-0.4, -0.2) is 22.7 Å². The summed E-state index contributed by atoms with van der Waals surface area (Å²) in [6.45, 7) is 5.16. The third-order valence-electron chi connectivity index (χ3n) is 3.11. The molecule has 0 aliphatic heterocycles. The van der Waals surface area contributed by atoms with Gasteiger partial charge in [0, 0.05) is 17.2 Å². The number of carboxylic acids is 1. The monoisotopic (exact) mass is 274 g/mol. The minimum absolute atomic E-state index is 0.200. The summed E-state index contributed by atoms with van der Waals surface area (Å²) in [4.78, 5) is 22.4. The Morgan fingerprint density at radius 3 is 2.40 bits per heavy atom. The van der Waals surface area contributed by atoms with Gasteiger partial charge in [0.1, 0.15) is 0 Å². The number of carbonyl (C=O) groups is 2. The highest BCUT2D eigenvalue weighted by atomic mass is 16.4. The molecule has 5 heteroatoms. The predicted molar refractivity (Wildman–Crippen MR) is 77.2 cm³/mol. The van der Waals surface area contributed by atoms with Crippen LogP contribution >= 0.6 is 0 Å². The van der Waals surface area contributed by atoms with E-state index < -0.39 is 11.9 Å². The summed E-state index contributed by atoms with van der Waals surface area (Å²) in [5.41, 5.74) is 7.72. The lowest BCUT2D eigenvalue weighted by Gasteiger charge is -2.17. The number of carbonyl (C=O) groups excluding carboxylic acids is 1. The number of hydrogen-bond acceptors (Lipinski definition) is 3. The van der Waals surface area contributed by atoms with Gasteiger partial charge in [-0.3, -0.25) is 4.79 Å². The van der Waals surface area contributed by atoms with E-state index in [-0.39, 0.29) is 17.2 Å². The number of primary amides is 1. The van der Waals surface area contributed by atoms with E-state index in [1.165, 1.54) is 12.1 Å². The standard InChI is InChI=1S/C15H18N2O3/c1-8-6-11(15(19)20)4-5-12(8)10(3)13(14(17)18)7-9(2)16/h4-7,10,16H,1-3H3,(H2,17,18)(H,19,20)/b13-7-,16-9?. The fraction of sp³-hybridized carbons (Fsp3) is 0.267. The van der Waals surface area contributed by atoms with Crippen LogP contribution in [0, 0.1) is 12.3 Å². The van der Waals surface area contributed by atoms with Crippen LogP contribution in [0.2, 0.25) is 0 Å². The molecule has 20 heavy (non-hydrogen) atoms. The Morgan fingerprint density at radius 2 is 2.00 bits per heavy atom. The highest BCUT2D eigenvalue weighted by Gasteiger charge is 2.19. The zero-order valence-corrected chi connectivity index (χ0v) is 11.7. The molecule has 1 rings (SSSR count). The number of rotatable bonds is 5. The zero-order chi connectivity index (χ0) is 15.4. The van der Waals surface area contributed by atoms with Gasteiger partial charge in [0.15, 0.2) is 0 Å². The maximum atomic E-state index is 11.5. The fourth-order valence-corrected chi connectivity index (χ4v) is 2.10. The molecule has 0 fully saturated rings. The highest BCUT2D eigenvalue weighted by Crippen LogP contribution is 2.27. The molecule has 0 bridgehead atoms. The number of aryl methyl sites for hydroxylation is 1. The van der Waals surface area contributed by atoms with Crippen molar-refractivity contribution >= 4 is 17.6 Å². The van der Waals surface area contributed by atoms with Crippen LogP contribution in [0.3, 0.4) is 0 Å². The number of allylic oxidation sites excluding steroid dienone is 1. The Labute approximate surface area is 117 Å². The second-order valence-corrected chi connectivity index (χ2v) is 4.75. The molecule has 0 aliphatic carbocycles. The topological polar surface area (TPSA) is 104 Å². The molecule has 1 atom stereocenters. The minimum Gasteiger partial charge on any atom is -0.478 e. The van der Waals surface area contributed by atoms with E-state index in [2.05, 4.69) is 0 Å². The maximum absolute atomic E-state index is 11.5. The van der Waals surface area contributed by atoms with Crippen molar-refractivity contribution < 1.29 is 14.7 Å². The van der Waals surface area contributed by atoms with Gasteiger partial charge in [-0.25, -0.2) is 4.79 Å². The Morgan fingerprint density at radius 1 is 1.40 bits per heavy atom. The third-order valence-corrected chi connectivity index (χ3v) is 3.11. The molecule has 0 saturated heterocycles. The summed E-state index contributed by atoms with van der Waals surface area (Å²) >= 11 is 0. The van der Waals surface area contributed by atoms with E-state index in [4.69, 9.17) is 16.2 Å². The van der Waals surface area contributed by atoms with E-state index in [9.17, 15) is 9.59 Å². The normalized spacial score (nSPS) is 12.8. The van der Waals surface area contributed by atoms with Gasteiger partial charge in [-0.15, -0.1) is 0 Å². The van der Waals surface area contributed by atoms with Crippen LogP contribution < -0.4 is 5.73 Å². The average molecular weight is 274 g/mol. The Kier molecular flexibility index (Phi) is 4.80. The van der Waals surface area contributed by atoms with Crippen LogP contribution in [0.1, 0.15) is 41.3 Å². The first-order valence-electron chi connectivity index (χ1n) is 6.14. The van der Waals surface area contributed by atoms with Crippen molar-refractivity contribution in [3.05, 3.63) is 46.5 Å². The quantitative estimate of drug-likeness (QED) is 0.566. The van der Waals surface area contributed by atoms with Crippen LogP contribution in [0.25, 0.3) is 0 Å². The molecule has 4 N–H and O–H groups in total. The van der Waals surface area contributed by atoms with E-state index in [1.807, 2.05) is 6.92 Å². The summed E-state index contributed by atoms with van der Waals surface area (Å²) < 4.78 is 0. The smallest absolute Gasteiger partial charge is 0.335 e. The van der Waals surface area contributed by atoms with Crippen molar-refractivity contribution in [2.24, 2.45) is 5.73 Å². The lowest BCUT2D eigenvalue weighted by Crippen LogP contribution is -2.19. The molecule has 1 aromatic rings. The second kappa shape index (κ2) is 6.14. The average Bonchev–Trinajstić information content (AvgIpc) is 2.34. The predicted octanol–water partition coefficient (Wildman–Crippen LogP) is 2.25. The summed E-state index contributed by atoms with van der Waals surface area (Å²) in [7, 11) is 0. The Hall–Kier alpha value is -2.43. The Bertz CT molecular complexity index is 603. The summed E-state index contributed by atoms with van der Waals surface area (Å²) in [6, 6.07) is 4.74. The highest BCUT2D eigenvalue weighted by molar-refractivity contribution is 6.02. The number of carboxylic acid groups (broad SMARTS) is 1. The second-order valence-electron chi connectivity index (χ2n) is 4.75. The van der Waals surface area contributed by atoms with Crippen molar-refractivity contribution in [2.75, 3.05) is 0 Å². The summed E-state index contributed by atoms with van der Waals surface area (Å²) in [5, 5.41) is 16.4. The van der Waals surface area contributed by atoms with Gasteiger partial charge in [-0.05, 0) is 43.2 Å². The molecule has 1 amide bonds. The fourth-order valence-electron chi connectivity index (χ4n) is 2.10. The number of hydrogen-bond donors (Lipinski definition) is 3. The summed E-state index contributed by atoms with van der Waals surface area (Å²) in [6.07, 6.45) is 1.44. The Balaban J connectivity index is 3.26. The number of amides is 1. The molecule has 5 nitrogen and oxygen atoms in total. The first-order valence-corrected chi connectivity index (χ1v) is 6.14. The van der Waals surface area contributed by atoms with Crippen molar-refractivity contribution in [1.29, 1.82) is 5.41 Å². The molecule has 0 aromatic heterocycles. The van der Waals surface area contributed by atoms with E-state index >= 15 is 0 Å². The van der Waals surface area contributed by atoms with Crippen molar-refractivity contribution in [3.8, 4) is 0 Å². The largest absolute Gasteiger partial charge is 0.478 e. The van der Waals surface area contributed by atoms with Gasteiger partial charge in [0.05, 0.1) is 5.56 Å². The van der Waals surface area contributed by atoms with Gasteiger partial charge >= 0.3 is 5.97 Å². The van der Waals surface area contributed by atoms with E-state index in [1.54, 1.807) is 26.0 Å². The van der Waals surface area contributed by atoms with E-state index in [0.717, 1.165) is 11.1 Å². The molecular formula is C15H18N2O3. The molecule has 0 radical (unpaired) electrons.